The minimum absolute atomic E-state index is 0.286. The summed E-state index contributed by atoms with van der Waals surface area (Å²) >= 11 is 0. The van der Waals surface area contributed by atoms with Crippen LogP contribution in [0.25, 0.3) is 0 Å². The van der Waals surface area contributed by atoms with Crippen molar-refractivity contribution in [3.05, 3.63) is 0 Å². The van der Waals surface area contributed by atoms with Crippen LogP contribution in [0.1, 0.15) is 51.4 Å². The fraction of sp³-hybridized carbons (Fsp3) is 0.846. The summed E-state index contributed by atoms with van der Waals surface area (Å²) in [6.45, 7) is 1.45. The monoisotopic (exact) mass is 238 g/mol. The maximum atomic E-state index is 12.0. The fourth-order valence-corrected chi connectivity index (χ4v) is 2.90. The Morgan fingerprint density at radius 2 is 1.94 bits per heavy atom. The highest BCUT2D eigenvalue weighted by molar-refractivity contribution is 5.87. The van der Waals surface area contributed by atoms with Gasteiger partial charge < -0.3 is 10.1 Å². The van der Waals surface area contributed by atoms with Crippen LogP contribution in [0, 0.1) is 5.92 Å². The zero-order valence-corrected chi connectivity index (χ0v) is 10.4. The minimum Gasteiger partial charge on any atom is -0.411 e. The highest BCUT2D eigenvalue weighted by Gasteiger charge is 2.22. The van der Waals surface area contributed by atoms with E-state index in [2.05, 4.69) is 5.16 Å². The average molecular weight is 238 g/mol. The molecular weight excluding hydrogens is 216 g/mol. The molecule has 2 aliphatic rings. The zero-order chi connectivity index (χ0) is 12.1. The summed E-state index contributed by atoms with van der Waals surface area (Å²) in [7, 11) is 0. The Hall–Kier alpha value is -1.06. The number of carbonyl (C=O) groups excluding carboxylic acids is 1. The molecule has 1 saturated carbocycles. The van der Waals surface area contributed by atoms with E-state index in [4.69, 9.17) is 5.21 Å². The van der Waals surface area contributed by atoms with Crippen molar-refractivity contribution < 1.29 is 10.0 Å². The summed E-state index contributed by atoms with van der Waals surface area (Å²) in [6, 6.07) is 0. The van der Waals surface area contributed by atoms with E-state index >= 15 is 0 Å². The van der Waals surface area contributed by atoms with E-state index in [1.165, 1.54) is 25.7 Å². The summed E-state index contributed by atoms with van der Waals surface area (Å²) in [5.74, 6) is 1.08. The fourth-order valence-electron chi connectivity index (χ4n) is 2.90. The Morgan fingerprint density at radius 3 is 2.53 bits per heavy atom. The van der Waals surface area contributed by atoms with Gasteiger partial charge in [-0.2, -0.15) is 0 Å². The van der Waals surface area contributed by atoms with Crippen LogP contribution in [-0.4, -0.2) is 34.8 Å². The summed E-state index contributed by atoms with van der Waals surface area (Å²) in [6.07, 6.45) is 8.55. The minimum atomic E-state index is 0.286. The Kier molecular flexibility index (Phi) is 4.40. The van der Waals surface area contributed by atoms with Gasteiger partial charge in [0.15, 0.2) is 0 Å². The number of piperidine rings is 1. The molecule has 0 radical (unpaired) electrons. The Bertz CT molecular complexity index is 286. The first-order valence-corrected chi connectivity index (χ1v) is 6.77. The van der Waals surface area contributed by atoms with E-state index in [1.807, 2.05) is 4.90 Å². The number of oxime groups is 1. The quantitative estimate of drug-likeness (QED) is 0.606. The molecular formula is C13H22N2O2. The SMILES string of the molecule is O=C(CCC1CCCC1)N1CCC(=NO)CC1. The van der Waals surface area contributed by atoms with E-state index in [1.54, 1.807) is 0 Å². The molecule has 1 saturated heterocycles. The van der Waals surface area contributed by atoms with Crippen molar-refractivity contribution in [3.63, 3.8) is 0 Å². The number of likely N-dealkylation sites (tertiary alicyclic amines) is 1. The number of nitrogens with zero attached hydrogens (tertiary/aromatic N) is 2. The van der Waals surface area contributed by atoms with Crippen LogP contribution in [0.5, 0.6) is 0 Å². The Balaban J connectivity index is 1.69. The first-order valence-electron chi connectivity index (χ1n) is 6.77. The van der Waals surface area contributed by atoms with Gasteiger partial charge in [0.05, 0.1) is 5.71 Å². The average Bonchev–Trinajstić information content (AvgIpc) is 2.89. The van der Waals surface area contributed by atoms with Gasteiger partial charge >= 0.3 is 0 Å². The molecule has 1 N–H and O–H groups in total. The van der Waals surface area contributed by atoms with Crippen LogP contribution in [0.4, 0.5) is 0 Å². The molecule has 2 rings (SSSR count). The van der Waals surface area contributed by atoms with E-state index in [0.717, 1.165) is 44.0 Å². The highest BCUT2D eigenvalue weighted by Crippen LogP contribution is 2.28. The van der Waals surface area contributed by atoms with Gasteiger partial charge in [-0.25, -0.2) is 0 Å². The number of rotatable bonds is 3. The Labute approximate surface area is 103 Å². The van der Waals surface area contributed by atoms with Gasteiger partial charge in [-0.05, 0) is 12.3 Å². The van der Waals surface area contributed by atoms with Crippen molar-refractivity contribution in [2.75, 3.05) is 13.1 Å². The molecule has 1 aliphatic carbocycles. The normalized spacial score (nSPS) is 21.9. The molecule has 0 atom stereocenters. The molecule has 0 aromatic heterocycles. The third-order valence-corrected chi connectivity index (χ3v) is 4.08. The molecule has 0 aromatic carbocycles. The number of hydrogen-bond donors (Lipinski definition) is 1. The van der Waals surface area contributed by atoms with Gasteiger partial charge in [-0.1, -0.05) is 30.8 Å². The second kappa shape index (κ2) is 6.03. The van der Waals surface area contributed by atoms with Crippen LogP contribution in [-0.2, 0) is 4.79 Å². The predicted octanol–water partition coefficient (Wildman–Crippen LogP) is 2.41. The van der Waals surface area contributed by atoms with Crippen molar-refractivity contribution in [2.45, 2.75) is 51.4 Å². The third-order valence-electron chi connectivity index (χ3n) is 4.08. The van der Waals surface area contributed by atoms with Gasteiger partial charge in [-0.15, -0.1) is 0 Å². The van der Waals surface area contributed by atoms with E-state index < -0.39 is 0 Å². The lowest BCUT2D eigenvalue weighted by Crippen LogP contribution is -2.38. The molecule has 1 amide bonds. The number of carbonyl (C=O) groups is 1. The first kappa shape index (κ1) is 12.4. The van der Waals surface area contributed by atoms with Gasteiger partial charge in [0.1, 0.15) is 0 Å². The molecule has 4 nitrogen and oxygen atoms in total. The van der Waals surface area contributed by atoms with Crippen molar-refractivity contribution in [3.8, 4) is 0 Å². The van der Waals surface area contributed by atoms with Crippen LogP contribution in [0.3, 0.4) is 0 Å². The van der Waals surface area contributed by atoms with Crippen LogP contribution in [0.2, 0.25) is 0 Å². The lowest BCUT2D eigenvalue weighted by Gasteiger charge is -2.27. The maximum Gasteiger partial charge on any atom is 0.222 e. The second-order valence-corrected chi connectivity index (χ2v) is 5.24. The van der Waals surface area contributed by atoms with Gasteiger partial charge in [0, 0.05) is 32.4 Å². The standard InChI is InChI=1S/C13H22N2O2/c16-13(6-5-11-3-1-2-4-11)15-9-7-12(14-17)8-10-15/h11,17H,1-10H2. The molecule has 0 unspecified atom stereocenters. The van der Waals surface area contributed by atoms with Crippen LogP contribution >= 0.6 is 0 Å². The number of hydrogen-bond acceptors (Lipinski definition) is 3. The summed E-state index contributed by atoms with van der Waals surface area (Å²) < 4.78 is 0. The van der Waals surface area contributed by atoms with Gasteiger partial charge in [0.25, 0.3) is 0 Å². The lowest BCUT2D eigenvalue weighted by molar-refractivity contribution is -0.131. The lowest BCUT2D eigenvalue weighted by atomic mass is 10.0. The molecule has 2 fully saturated rings. The van der Waals surface area contributed by atoms with Crippen molar-refractivity contribution >= 4 is 11.6 Å². The molecule has 17 heavy (non-hydrogen) atoms. The van der Waals surface area contributed by atoms with Crippen LogP contribution in [0.15, 0.2) is 5.16 Å². The molecule has 0 spiro atoms. The summed E-state index contributed by atoms with van der Waals surface area (Å²) in [5.41, 5.74) is 0.824. The second-order valence-electron chi connectivity index (χ2n) is 5.24. The molecule has 0 bridgehead atoms. The van der Waals surface area contributed by atoms with Crippen molar-refractivity contribution in [1.82, 2.24) is 4.90 Å². The van der Waals surface area contributed by atoms with E-state index in [9.17, 15) is 4.79 Å². The first-order chi connectivity index (χ1) is 8.29. The molecule has 96 valence electrons. The van der Waals surface area contributed by atoms with Crippen molar-refractivity contribution in [1.29, 1.82) is 0 Å². The molecule has 4 heteroatoms. The predicted molar refractivity (Wildman–Crippen MR) is 66.2 cm³/mol. The number of amides is 1. The molecule has 1 aliphatic heterocycles. The smallest absolute Gasteiger partial charge is 0.222 e. The largest absolute Gasteiger partial charge is 0.411 e. The Morgan fingerprint density at radius 1 is 1.29 bits per heavy atom. The highest BCUT2D eigenvalue weighted by atomic mass is 16.4. The maximum absolute atomic E-state index is 12.0. The summed E-state index contributed by atoms with van der Waals surface area (Å²) in [5, 5.41) is 11.9. The summed E-state index contributed by atoms with van der Waals surface area (Å²) in [4.78, 5) is 13.9. The van der Waals surface area contributed by atoms with Gasteiger partial charge in [-0.3, -0.25) is 4.79 Å². The topological polar surface area (TPSA) is 52.9 Å². The van der Waals surface area contributed by atoms with Crippen molar-refractivity contribution in [2.24, 2.45) is 11.1 Å². The third kappa shape index (κ3) is 3.45. The van der Waals surface area contributed by atoms with E-state index in [0.29, 0.717) is 6.42 Å². The zero-order valence-electron chi connectivity index (χ0n) is 10.4. The molecule has 0 aromatic rings. The van der Waals surface area contributed by atoms with E-state index in [-0.39, 0.29) is 5.91 Å². The van der Waals surface area contributed by atoms with Crippen LogP contribution < -0.4 is 0 Å². The molecule has 1 heterocycles. The van der Waals surface area contributed by atoms with Gasteiger partial charge in [0.2, 0.25) is 5.91 Å².